The number of benzene rings is 1. The molecule has 27 heavy (non-hydrogen) atoms. The fourth-order valence-electron chi connectivity index (χ4n) is 2.25. The maximum atomic E-state index is 12.6. The Hall–Kier alpha value is -3.04. The molecule has 0 aliphatic carbocycles. The molecule has 1 aliphatic heterocycles. The molecule has 2 aromatic rings. The summed E-state index contributed by atoms with van der Waals surface area (Å²) in [5.74, 6) is -1.01. The van der Waals surface area contributed by atoms with E-state index in [1.807, 2.05) is 0 Å². The Morgan fingerprint density at radius 3 is 2.44 bits per heavy atom. The van der Waals surface area contributed by atoms with E-state index in [9.17, 15) is 14.4 Å². The van der Waals surface area contributed by atoms with Crippen molar-refractivity contribution in [1.82, 2.24) is 15.4 Å². The van der Waals surface area contributed by atoms with Crippen LogP contribution < -0.4 is 10.7 Å². The summed E-state index contributed by atoms with van der Waals surface area (Å²) in [4.78, 5) is 40.1. The van der Waals surface area contributed by atoms with Gasteiger partial charge in [0.2, 0.25) is 5.91 Å². The number of carbonyl (C=O) groups is 3. The number of anilines is 1. The summed E-state index contributed by atoms with van der Waals surface area (Å²) >= 11 is 6.30. The Morgan fingerprint density at radius 2 is 1.81 bits per heavy atom. The first kappa shape index (κ1) is 18.7. The van der Waals surface area contributed by atoms with Gasteiger partial charge in [-0.3, -0.25) is 24.8 Å². The summed E-state index contributed by atoms with van der Waals surface area (Å²) in [5, 5.41) is 3.73. The number of hydrazine groups is 1. The van der Waals surface area contributed by atoms with Crippen molar-refractivity contribution in [2.75, 3.05) is 5.32 Å². The summed E-state index contributed by atoms with van der Waals surface area (Å²) in [6.07, 6.45) is 4.66. The normalized spacial score (nSPS) is 15.1. The number of amides is 3. The second-order valence-corrected chi connectivity index (χ2v) is 7.17. The van der Waals surface area contributed by atoms with Crippen LogP contribution in [0.2, 0.25) is 0 Å². The van der Waals surface area contributed by atoms with Crippen LogP contribution in [-0.2, 0) is 9.59 Å². The molecule has 7 nitrogen and oxygen atoms in total. The average Bonchev–Trinajstić information content (AvgIpc) is 2.91. The molecule has 2 heterocycles. The molecule has 1 aliphatic rings. The highest BCUT2D eigenvalue weighted by Gasteiger charge is 2.33. The molecule has 1 fully saturated rings. The zero-order valence-electron chi connectivity index (χ0n) is 14.1. The van der Waals surface area contributed by atoms with E-state index in [2.05, 4.69) is 15.7 Å². The Balaban J connectivity index is 1.72. The highest BCUT2D eigenvalue weighted by Crippen LogP contribution is 2.31. The lowest BCUT2D eigenvalue weighted by Crippen LogP contribution is -2.44. The number of nitrogens with one attached hydrogen (secondary N) is 2. The van der Waals surface area contributed by atoms with Gasteiger partial charge in [0.1, 0.15) is 0 Å². The van der Waals surface area contributed by atoms with E-state index in [1.54, 1.807) is 42.5 Å². The molecule has 1 aromatic heterocycles. The predicted molar refractivity (Wildman–Crippen MR) is 107 cm³/mol. The number of thioether (sulfide) groups is 1. The van der Waals surface area contributed by atoms with E-state index in [1.165, 1.54) is 19.3 Å². The summed E-state index contributed by atoms with van der Waals surface area (Å²) < 4.78 is 0.239. The number of nitrogens with zero attached hydrogens (tertiary/aromatic N) is 2. The molecular weight excluding hydrogens is 384 g/mol. The molecule has 3 amide bonds. The van der Waals surface area contributed by atoms with Gasteiger partial charge in [-0.1, -0.05) is 23.9 Å². The molecule has 2 N–H and O–H groups in total. The molecule has 0 unspecified atom stereocenters. The Kier molecular flexibility index (Phi) is 5.63. The Morgan fingerprint density at radius 1 is 1.15 bits per heavy atom. The van der Waals surface area contributed by atoms with E-state index in [0.717, 1.165) is 22.3 Å². The summed E-state index contributed by atoms with van der Waals surface area (Å²) in [7, 11) is 0. The van der Waals surface area contributed by atoms with E-state index >= 15 is 0 Å². The molecule has 9 heteroatoms. The molecular formula is C18H14N4O3S2. The van der Waals surface area contributed by atoms with Crippen LogP contribution in [0.5, 0.6) is 0 Å². The van der Waals surface area contributed by atoms with Crippen molar-refractivity contribution in [2.45, 2.75) is 6.92 Å². The monoisotopic (exact) mass is 398 g/mol. The van der Waals surface area contributed by atoms with Gasteiger partial charge in [-0.15, -0.1) is 0 Å². The van der Waals surface area contributed by atoms with Crippen LogP contribution in [0.15, 0.2) is 53.7 Å². The topological polar surface area (TPSA) is 91.4 Å². The van der Waals surface area contributed by atoms with Crippen molar-refractivity contribution in [3.8, 4) is 0 Å². The third kappa shape index (κ3) is 4.57. The minimum absolute atomic E-state index is 0.159. The van der Waals surface area contributed by atoms with E-state index in [-0.39, 0.29) is 10.2 Å². The minimum Gasteiger partial charge on any atom is -0.326 e. The average molecular weight is 398 g/mol. The van der Waals surface area contributed by atoms with Crippen molar-refractivity contribution in [3.63, 3.8) is 0 Å². The van der Waals surface area contributed by atoms with Crippen molar-refractivity contribution >= 4 is 57.8 Å². The van der Waals surface area contributed by atoms with E-state index in [0.29, 0.717) is 16.2 Å². The van der Waals surface area contributed by atoms with Crippen LogP contribution in [0.3, 0.4) is 0 Å². The first-order valence-corrected chi connectivity index (χ1v) is 9.03. The van der Waals surface area contributed by atoms with Gasteiger partial charge in [0.05, 0.1) is 4.91 Å². The van der Waals surface area contributed by atoms with Crippen LogP contribution in [0, 0.1) is 0 Å². The molecule has 0 radical (unpaired) electrons. The van der Waals surface area contributed by atoms with Crippen LogP contribution in [0.1, 0.15) is 22.8 Å². The quantitative estimate of drug-likeness (QED) is 0.608. The first-order chi connectivity index (χ1) is 12.9. The van der Waals surface area contributed by atoms with Gasteiger partial charge in [0.25, 0.3) is 11.8 Å². The van der Waals surface area contributed by atoms with Gasteiger partial charge < -0.3 is 5.32 Å². The number of carbonyl (C=O) groups excluding carboxylic acids is 3. The lowest BCUT2D eigenvalue weighted by atomic mass is 10.2. The van der Waals surface area contributed by atoms with Crippen molar-refractivity contribution in [3.05, 3.63) is 64.8 Å². The van der Waals surface area contributed by atoms with Gasteiger partial charge >= 0.3 is 0 Å². The van der Waals surface area contributed by atoms with Crippen LogP contribution in [0.25, 0.3) is 6.08 Å². The molecule has 1 saturated heterocycles. The van der Waals surface area contributed by atoms with Crippen LogP contribution in [-0.4, -0.2) is 32.0 Å². The Bertz CT molecular complexity index is 943. The maximum Gasteiger partial charge on any atom is 0.285 e. The lowest BCUT2D eigenvalue weighted by Gasteiger charge is -2.15. The standard InChI is InChI=1S/C18H14N4O3S2/c1-11(23)20-14-4-2-12(3-5-14)10-15-17(25)22(18(26)27-15)21-16(24)13-6-8-19-9-7-13/h2-10H,1H3,(H,20,23)(H,21,24)/b15-10+. The number of pyridine rings is 1. The third-order valence-corrected chi connectivity index (χ3v) is 4.78. The minimum atomic E-state index is -0.449. The van der Waals surface area contributed by atoms with Crippen molar-refractivity contribution in [1.29, 1.82) is 0 Å². The maximum absolute atomic E-state index is 12.6. The summed E-state index contributed by atoms with van der Waals surface area (Å²) in [5.41, 5.74) is 4.31. The van der Waals surface area contributed by atoms with Gasteiger partial charge in [0, 0.05) is 30.6 Å². The lowest BCUT2D eigenvalue weighted by molar-refractivity contribution is -0.123. The first-order valence-electron chi connectivity index (χ1n) is 7.80. The molecule has 0 bridgehead atoms. The zero-order chi connectivity index (χ0) is 19.4. The zero-order valence-corrected chi connectivity index (χ0v) is 15.8. The van der Waals surface area contributed by atoms with E-state index in [4.69, 9.17) is 12.2 Å². The molecule has 0 saturated carbocycles. The van der Waals surface area contributed by atoms with E-state index < -0.39 is 11.8 Å². The highest BCUT2D eigenvalue weighted by atomic mass is 32.2. The summed E-state index contributed by atoms with van der Waals surface area (Å²) in [6.45, 7) is 1.43. The van der Waals surface area contributed by atoms with Gasteiger partial charge in [-0.05, 0) is 48.1 Å². The number of hydrogen-bond donors (Lipinski definition) is 2. The van der Waals surface area contributed by atoms with Crippen LogP contribution in [0.4, 0.5) is 5.69 Å². The third-order valence-electron chi connectivity index (χ3n) is 3.48. The van der Waals surface area contributed by atoms with Gasteiger partial charge in [-0.25, -0.2) is 0 Å². The number of aromatic nitrogens is 1. The fraction of sp³-hybridized carbons (Fsp3) is 0.0556. The highest BCUT2D eigenvalue weighted by molar-refractivity contribution is 8.26. The largest absolute Gasteiger partial charge is 0.326 e. The number of thiocarbonyl (C=S) groups is 1. The molecule has 0 atom stereocenters. The SMILES string of the molecule is CC(=O)Nc1ccc(/C=C2/SC(=S)N(NC(=O)c3ccncc3)C2=O)cc1. The van der Waals surface area contributed by atoms with Crippen molar-refractivity contribution in [2.24, 2.45) is 0 Å². The van der Waals surface area contributed by atoms with Crippen molar-refractivity contribution < 1.29 is 14.4 Å². The molecule has 136 valence electrons. The second kappa shape index (κ2) is 8.11. The number of rotatable bonds is 4. The predicted octanol–water partition coefficient (Wildman–Crippen LogP) is 2.59. The number of hydrogen-bond acceptors (Lipinski definition) is 6. The van der Waals surface area contributed by atoms with Gasteiger partial charge in [0.15, 0.2) is 4.32 Å². The molecule has 0 spiro atoms. The Labute approximate surface area is 164 Å². The smallest absolute Gasteiger partial charge is 0.285 e. The van der Waals surface area contributed by atoms with Crippen LogP contribution >= 0.6 is 24.0 Å². The molecule has 3 rings (SSSR count). The summed E-state index contributed by atoms with van der Waals surface area (Å²) in [6, 6.07) is 10.1. The fourth-order valence-corrected chi connectivity index (χ4v) is 3.43. The molecule has 1 aromatic carbocycles. The van der Waals surface area contributed by atoms with Gasteiger partial charge in [-0.2, -0.15) is 5.01 Å². The second-order valence-electron chi connectivity index (χ2n) is 5.50.